The normalized spacial score (nSPS) is 15.2. The number of nitrogens with one attached hydrogen (secondary N) is 1. The molecule has 1 aromatic carbocycles. The average Bonchev–Trinajstić information content (AvgIpc) is 3.23. The number of amides is 1. The lowest BCUT2D eigenvalue weighted by molar-refractivity contribution is -0.114. The van der Waals surface area contributed by atoms with E-state index in [4.69, 9.17) is 5.73 Å². The third kappa shape index (κ3) is 4.03. The van der Waals surface area contributed by atoms with Crippen LogP contribution in [0.15, 0.2) is 29.2 Å². The van der Waals surface area contributed by atoms with Crippen LogP contribution in [0.5, 0.6) is 0 Å². The molecule has 3 N–H and O–H groups in total. The van der Waals surface area contributed by atoms with Gasteiger partial charge >= 0.3 is 0 Å². The van der Waals surface area contributed by atoms with Gasteiger partial charge in [0.15, 0.2) is 0 Å². The van der Waals surface area contributed by atoms with E-state index in [0.717, 1.165) is 12.8 Å². The highest BCUT2D eigenvalue weighted by Crippen LogP contribution is 2.32. The molecule has 21 heavy (non-hydrogen) atoms. The zero-order valence-electron chi connectivity index (χ0n) is 12.1. The van der Waals surface area contributed by atoms with E-state index in [1.54, 1.807) is 16.4 Å². The van der Waals surface area contributed by atoms with E-state index < -0.39 is 10.0 Å². The predicted molar refractivity (Wildman–Crippen MR) is 81.3 cm³/mol. The van der Waals surface area contributed by atoms with Gasteiger partial charge in [-0.1, -0.05) is 0 Å². The van der Waals surface area contributed by atoms with E-state index in [1.165, 1.54) is 19.1 Å². The first-order chi connectivity index (χ1) is 9.95. The van der Waals surface area contributed by atoms with Crippen LogP contribution in [0.2, 0.25) is 0 Å². The van der Waals surface area contributed by atoms with Crippen molar-refractivity contribution in [2.45, 2.75) is 37.1 Å². The Morgan fingerprint density at radius 1 is 1.33 bits per heavy atom. The van der Waals surface area contributed by atoms with Gasteiger partial charge in [0, 0.05) is 25.2 Å². The van der Waals surface area contributed by atoms with E-state index in [1.807, 2.05) is 0 Å². The van der Waals surface area contributed by atoms with Crippen LogP contribution >= 0.6 is 0 Å². The van der Waals surface area contributed by atoms with Gasteiger partial charge in [-0.05, 0) is 50.1 Å². The summed E-state index contributed by atoms with van der Waals surface area (Å²) in [6.07, 6.45) is 2.47. The van der Waals surface area contributed by atoms with Crippen LogP contribution in [0, 0.1) is 0 Å². The van der Waals surface area contributed by atoms with Gasteiger partial charge < -0.3 is 11.1 Å². The number of carbonyl (C=O) groups is 1. The van der Waals surface area contributed by atoms with E-state index >= 15 is 0 Å². The number of nitrogens with zero attached hydrogens (tertiary/aromatic N) is 1. The first kappa shape index (κ1) is 15.9. The molecule has 0 unspecified atom stereocenters. The number of carbonyl (C=O) groups excluding carboxylic acids is 1. The summed E-state index contributed by atoms with van der Waals surface area (Å²) in [5.41, 5.74) is 6.07. The van der Waals surface area contributed by atoms with Gasteiger partial charge in [-0.3, -0.25) is 4.79 Å². The number of nitrogens with two attached hydrogens (primary N) is 1. The fraction of sp³-hybridized carbons (Fsp3) is 0.500. The molecule has 0 aromatic heterocycles. The summed E-state index contributed by atoms with van der Waals surface area (Å²) in [6, 6.07) is 6.36. The Kier molecular flexibility index (Phi) is 4.97. The number of hydrogen-bond acceptors (Lipinski definition) is 4. The van der Waals surface area contributed by atoms with Crippen LogP contribution < -0.4 is 11.1 Å². The van der Waals surface area contributed by atoms with Crippen LogP contribution in [-0.2, 0) is 14.8 Å². The zero-order chi connectivity index (χ0) is 15.5. The molecule has 1 aliphatic rings. The third-order valence-electron chi connectivity index (χ3n) is 3.32. The SMILES string of the molecule is CC(=O)Nc1ccc(S(=O)(=O)N(CCCN)C2CC2)cc1. The second kappa shape index (κ2) is 6.55. The van der Waals surface area contributed by atoms with Crippen molar-refractivity contribution < 1.29 is 13.2 Å². The smallest absolute Gasteiger partial charge is 0.243 e. The highest BCUT2D eigenvalue weighted by molar-refractivity contribution is 7.89. The van der Waals surface area contributed by atoms with Crippen molar-refractivity contribution in [3.05, 3.63) is 24.3 Å². The highest BCUT2D eigenvalue weighted by Gasteiger charge is 2.37. The number of anilines is 1. The molecule has 2 rings (SSSR count). The van der Waals surface area contributed by atoms with Gasteiger partial charge in [0.05, 0.1) is 4.90 Å². The summed E-state index contributed by atoms with van der Waals surface area (Å²) in [4.78, 5) is 11.2. The lowest BCUT2D eigenvalue weighted by Crippen LogP contribution is -2.34. The molecular weight excluding hydrogens is 290 g/mol. The van der Waals surface area contributed by atoms with Crippen molar-refractivity contribution >= 4 is 21.6 Å². The molecular formula is C14H21N3O3S. The van der Waals surface area contributed by atoms with Crippen LogP contribution in [0.1, 0.15) is 26.2 Å². The Bertz CT molecular complexity index is 594. The minimum Gasteiger partial charge on any atom is -0.330 e. The number of benzene rings is 1. The molecule has 0 spiro atoms. The fourth-order valence-corrected chi connectivity index (χ4v) is 3.88. The Balaban J connectivity index is 2.18. The molecule has 0 bridgehead atoms. The van der Waals surface area contributed by atoms with Crippen molar-refractivity contribution in [1.29, 1.82) is 0 Å². The molecule has 6 nitrogen and oxygen atoms in total. The molecule has 1 aromatic rings. The minimum atomic E-state index is -3.49. The molecule has 0 saturated heterocycles. The Morgan fingerprint density at radius 2 is 1.95 bits per heavy atom. The number of sulfonamides is 1. The van der Waals surface area contributed by atoms with Crippen LogP contribution in [-0.4, -0.2) is 37.8 Å². The molecule has 1 saturated carbocycles. The van der Waals surface area contributed by atoms with Gasteiger partial charge in [-0.15, -0.1) is 0 Å². The second-order valence-corrected chi connectivity index (χ2v) is 7.09. The molecule has 116 valence electrons. The molecule has 0 heterocycles. The van der Waals surface area contributed by atoms with Crippen molar-refractivity contribution in [2.75, 3.05) is 18.4 Å². The monoisotopic (exact) mass is 311 g/mol. The van der Waals surface area contributed by atoms with Crippen molar-refractivity contribution in [3.63, 3.8) is 0 Å². The molecule has 1 fully saturated rings. The first-order valence-corrected chi connectivity index (χ1v) is 8.48. The average molecular weight is 311 g/mol. The quantitative estimate of drug-likeness (QED) is 0.790. The summed E-state index contributed by atoms with van der Waals surface area (Å²) in [6.45, 7) is 2.34. The molecule has 0 aliphatic heterocycles. The molecule has 0 radical (unpaired) electrons. The minimum absolute atomic E-state index is 0.108. The first-order valence-electron chi connectivity index (χ1n) is 7.04. The number of hydrogen-bond donors (Lipinski definition) is 2. The van der Waals surface area contributed by atoms with E-state index in [2.05, 4.69) is 5.32 Å². The summed E-state index contributed by atoms with van der Waals surface area (Å²) in [5, 5.41) is 2.62. The van der Waals surface area contributed by atoms with Crippen molar-refractivity contribution in [3.8, 4) is 0 Å². The summed E-state index contributed by atoms with van der Waals surface area (Å²) >= 11 is 0. The Hall–Kier alpha value is -1.44. The summed E-state index contributed by atoms with van der Waals surface area (Å²) in [7, 11) is -3.49. The fourth-order valence-electron chi connectivity index (χ4n) is 2.16. The predicted octanol–water partition coefficient (Wildman–Crippen LogP) is 1.15. The van der Waals surface area contributed by atoms with E-state index in [-0.39, 0.29) is 16.8 Å². The van der Waals surface area contributed by atoms with Gasteiger partial charge in [0.2, 0.25) is 15.9 Å². The standard InChI is InChI=1S/C14H21N3O3S/c1-11(18)16-12-3-7-14(8-4-12)21(19,20)17(10-2-9-15)13-5-6-13/h3-4,7-8,13H,2,5-6,9-10,15H2,1H3,(H,16,18). The van der Waals surface area contributed by atoms with Crippen LogP contribution in [0.25, 0.3) is 0 Å². The molecule has 0 atom stereocenters. The van der Waals surface area contributed by atoms with Gasteiger partial charge in [-0.2, -0.15) is 4.31 Å². The summed E-state index contributed by atoms with van der Waals surface area (Å²) in [5.74, 6) is -0.187. The number of rotatable bonds is 7. The maximum Gasteiger partial charge on any atom is 0.243 e. The van der Waals surface area contributed by atoms with E-state index in [0.29, 0.717) is 25.2 Å². The van der Waals surface area contributed by atoms with Gasteiger partial charge in [-0.25, -0.2) is 8.42 Å². The highest BCUT2D eigenvalue weighted by atomic mass is 32.2. The van der Waals surface area contributed by atoms with Crippen LogP contribution in [0.3, 0.4) is 0 Å². The maximum absolute atomic E-state index is 12.7. The zero-order valence-corrected chi connectivity index (χ0v) is 12.9. The molecule has 1 aliphatic carbocycles. The lowest BCUT2D eigenvalue weighted by atomic mass is 10.3. The third-order valence-corrected chi connectivity index (χ3v) is 5.28. The maximum atomic E-state index is 12.7. The van der Waals surface area contributed by atoms with Gasteiger partial charge in [0.25, 0.3) is 0 Å². The second-order valence-electron chi connectivity index (χ2n) is 5.19. The van der Waals surface area contributed by atoms with Gasteiger partial charge in [0.1, 0.15) is 0 Å². The topological polar surface area (TPSA) is 92.5 Å². The van der Waals surface area contributed by atoms with E-state index in [9.17, 15) is 13.2 Å². The van der Waals surface area contributed by atoms with Crippen LogP contribution in [0.4, 0.5) is 5.69 Å². The molecule has 7 heteroatoms. The van der Waals surface area contributed by atoms with Crippen molar-refractivity contribution in [1.82, 2.24) is 4.31 Å². The van der Waals surface area contributed by atoms with Crippen molar-refractivity contribution in [2.24, 2.45) is 5.73 Å². The Morgan fingerprint density at radius 3 is 2.43 bits per heavy atom. The molecule has 1 amide bonds. The lowest BCUT2D eigenvalue weighted by Gasteiger charge is -2.21. The largest absolute Gasteiger partial charge is 0.330 e. The summed E-state index contributed by atoms with van der Waals surface area (Å²) < 4.78 is 26.9. The Labute approximate surface area is 125 Å².